The maximum absolute atomic E-state index is 13.4. The molecule has 118 valence electrons. The fourth-order valence-electron chi connectivity index (χ4n) is 2.19. The quantitative estimate of drug-likeness (QED) is 0.671. The minimum atomic E-state index is -0.292. The van der Waals surface area contributed by atoms with Gasteiger partial charge in [0.15, 0.2) is 0 Å². The molecule has 0 aliphatic heterocycles. The van der Waals surface area contributed by atoms with Crippen molar-refractivity contribution in [3.63, 3.8) is 0 Å². The number of aryl methyl sites for hydroxylation is 1. The number of ether oxygens (including phenoxy) is 1. The molecule has 0 aliphatic rings. The third-order valence-corrected chi connectivity index (χ3v) is 4.25. The smallest absolute Gasteiger partial charge is 0.214 e. The van der Waals surface area contributed by atoms with E-state index in [1.807, 2.05) is 31.2 Å². The van der Waals surface area contributed by atoms with Gasteiger partial charge in [0.2, 0.25) is 5.16 Å². The van der Waals surface area contributed by atoms with Gasteiger partial charge in [-0.2, -0.15) is 4.68 Å². The zero-order valence-electron chi connectivity index (χ0n) is 12.7. The van der Waals surface area contributed by atoms with Gasteiger partial charge in [-0.05, 0) is 53.2 Å². The number of hydrogen-bond donors (Lipinski definition) is 0. The van der Waals surface area contributed by atoms with Gasteiger partial charge in [-0.15, -0.1) is 5.10 Å². The molecule has 3 aromatic rings. The normalized spacial score (nSPS) is 10.7. The number of rotatable bonds is 5. The maximum atomic E-state index is 13.4. The molecular weight excluding hydrogens is 315 g/mol. The Hall–Kier alpha value is -2.41. The predicted molar refractivity (Wildman–Crippen MR) is 86.4 cm³/mol. The van der Waals surface area contributed by atoms with E-state index in [1.165, 1.54) is 23.9 Å². The molecule has 0 N–H and O–H groups in total. The second kappa shape index (κ2) is 6.78. The minimum absolute atomic E-state index is 0.292. The van der Waals surface area contributed by atoms with E-state index in [0.717, 1.165) is 16.8 Å². The number of tetrazole rings is 1. The van der Waals surface area contributed by atoms with Crippen molar-refractivity contribution in [2.45, 2.75) is 17.8 Å². The average molecular weight is 330 g/mol. The molecule has 0 saturated heterocycles. The SMILES string of the molecule is COc1ccc(F)cc1CSc1nnnn1-c1cccc(C)c1. The van der Waals surface area contributed by atoms with Crippen molar-refractivity contribution < 1.29 is 9.13 Å². The van der Waals surface area contributed by atoms with Crippen molar-refractivity contribution in [1.82, 2.24) is 20.2 Å². The van der Waals surface area contributed by atoms with Crippen molar-refractivity contribution in [1.29, 1.82) is 0 Å². The molecule has 0 unspecified atom stereocenters. The maximum Gasteiger partial charge on any atom is 0.214 e. The summed E-state index contributed by atoms with van der Waals surface area (Å²) in [7, 11) is 1.57. The lowest BCUT2D eigenvalue weighted by atomic mass is 10.2. The molecule has 0 atom stereocenters. The molecular formula is C16H15FN4OS. The van der Waals surface area contributed by atoms with E-state index in [-0.39, 0.29) is 5.82 Å². The van der Waals surface area contributed by atoms with Gasteiger partial charge >= 0.3 is 0 Å². The van der Waals surface area contributed by atoms with Crippen LogP contribution in [0.1, 0.15) is 11.1 Å². The zero-order valence-corrected chi connectivity index (χ0v) is 13.5. The van der Waals surface area contributed by atoms with Gasteiger partial charge in [0.1, 0.15) is 11.6 Å². The van der Waals surface area contributed by atoms with Crippen LogP contribution in [0.15, 0.2) is 47.6 Å². The molecule has 0 aliphatic carbocycles. The summed E-state index contributed by atoms with van der Waals surface area (Å²) < 4.78 is 20.4. The van der Waals surface area contributed by atoms with E-state index in [2.05, 4.69) is 15.5 Å². The molecule has 5 nitrogen and oxygen atoms in total. The number of benzene rings is 2. The largest absolute Gasteiger partial charge is 0.496 e. The van der Waals surface area contributed by atoms with E-state index in [0.29, 0.717) is 16.7 Å². The topological polar surface area (TPSA) is 52.8 Å². The standard InChI is InChI=1S/C16H15FN4OS/c1-11-4-3-5-14(8-11)21-16(18-19-20-21)23-10-12-9-13(17)6-7-15(12)22-2/h3-9H,10H2,1-2H3. The summed E-state index contributed by atoms with van der Waals surface area (Å²) >= 11 is 1.43. The highest BCUT2D eigenvalue weighted by Gasteiger charge is 2.12. The molecule has 0 fully saturated rings. The van der Waals surface area contributed by atoms with Gasteiger partial charge in [-0.3, -0.25) is 0 Å². The second-order valence-electron chi connectivity index (χ2n) is 4.96. The van der Waals surface area contributed by atoms with Gasteiger partial charge < -0.3 is 4.74 Å². The Morgan fingerprint density at radius 1 is 1.22 bits per heavy atom. The highest BCUT2D eigenvalue weighted by Crippen LogP contribution is 2.28. The van der Waals surface area contributed by atoms with Crippen LogP contribution in [-0.4, -0.2) is 27.3 Å². The Bertz CT molecular complexity index is 821. The van der Waals surface area contributed by atoms with Gasteiger partial charge in [-0.1, -0.05) is 23.9 Å². The third-order valence-electron chi connectivity index (χ3n) is 3.29. The second-order valence-corrected chi connectivity index (χ2v) is 5.90. The van der Waals surface area contributed by atoms with E-state index >= 15 is 0 Å². The zero-order chi connectivity index (χ0) is 16.2. The van der Waals surface area contributed by atoms with Crippen LogP contribution in [0.3, 0.4) is 0 Å². The first-order valence-corrected chi connectivity index (χ1v) is 7.96. The van der Waals surface area contributed by atoms with Crippen molar-refractivity contribution in [2.24, 2.45) is 0 Å². The Kier molecular flexibility index (Phi) is 4.57. The number of hydrogen-bond acceptors (Lipinski definition) is 5. The summed E-state index contributed by atoms with van der Waals surface area (Å²) in [5, 5.41) is 12.5. The van der Waals surface area contributed by atoms with Crippen molar-refractivity contribution in [3.05, 3.63) is 59.4 Å². The highest BCUT2D eigenvalue weighted by molar-refractivity contribution is 7.98. The molecule has 1 aromatic heterocycles. The van der Waals surface area contributed by atoms with Crippen molar-refractivity contribution in [2.75, 3.05) is 7.11 Å². The Morgan fingerprint density at radius 2 is 2.09 bits per heavy atom. The minimum Gasteiger partial charge on any atom is -0.496 e. The first kappa shape index (κ1) is 15.5. The van der Waals surface area contributed by atoms with Crippen LogP contribution < -0.4 is 4.74 Å². The molecule has 3 rings (SSSR count). The monoisotopic (exact) mass is 330 g/mol. The summed E-state index contributed by atoms with van der Waals surface area (Å²) in [6.45, 7) is 2.01. The predicted octanol–water partition coefficient (Wildman–Crippen LogP) is 3.41. The lowest BCUT2D eigenvalue weighted by molar-refractivity contribution is 0.410. The summed E-state index contributed by atoms with van der Waals surface area (Å²) in [6, 6.07) is 12.4. The van der Waals surface area contributed by atoms with E-state index in [9.17, 15) is 4.39 Å². The first-order valence-electron chi connectivity index (χ1n) is 6.98. The average Bonchev–Trinajstić information content (AvgIpc) is 3.01. The Labute approximate surface area is 137 Å². The van der Waals surface area contributed by atoms with Crippen LogP contribution in [0, 0.1) is 12.7 Å². The van der Waals surface area contributed by atoms with Crippen LogP contribution >= 0.6 is 11.8 Å². The first-order chi connectivity index (χ1) is 11.2. The van der Waals surface area contributed by atoms with E-state index < -0.39 is 0 Å². The van der Waals surface area contributed by atoms with Crippen LogP contribution in [0.2, 0.25) is 0 Å². The lowest BCUT2D eigenvalue weighted by Crippen LogP contribution is -2.00. The van der Waals surface area contributed by atoms with Gasteiger partial charge in [0, 0.05) is 11.3 Å². The summed E-state index contributed by atoms with van der Waals surface area (Å²) in [5.41, 5.74) is 2.78. The molecule has 0 amide bonds. The molecule has 0 saturated carbocycles. The highest BCUT2D eigenvalue weighted by atomic mass is 32.2. The number of thioether (sulfide) groups is 1. The molecule has 0 spiro atoms. The Balaban J connectivity index is 1.83. The fraction of sp³-hybridized carbons (Fsp3) is 0.188. The molecule has 7 heteroatoms. The fourth-order valence-corrected chi connectivity index (χ4v) is 3.06. The summed E-state index contributed by atoms with van der Waals surface area (Å²) in [4.78, 5) is 0. The molecule has 0 radical (unpaired) electrons. The number of methoxy groups -OCH3 is 1. The van der Waals surface area contributed by atoms with E-state index in [1.54, 1.807) is 17.9 Å². The van der Waals surface area contributed by atoms with Gasteiger partial charge in [-0.25, -0.2) is 4.39 Å². The van der Waals surface area contributed by atoms with Crippen LogP contribution in [-0.2, 0) is 5.75 Å². The number of aromatic nitrogens is 4. The van der Waals surface area contributed by atoms with Crippen molar-refractivity contribution in [3.8, 4) is 11.4 Å². The molecule has 2 aromatic carbocycles. The van der Waals surface area contributed by atoms with Crippen molar-refractivity contribution >= 4 is 11.8 Å². The van der Waals surface area contributed by atoms with E-state index in [4.69, 9.17) is 4.74 Å². The number of nitrogens with zero attached hydrogens (tertiary/aromatic N) is 4. The third kappa shape index (κ3) is 3.50. The summed E-state index contributed by atoms with van der Waals surface area (Å²) in [6.07, 6.45) is 0. The molecule has 1 heterocycles. The van der Waals surface area contributed by atoms with Gasteiger partial charge in [0.25, 0.3) is 0 Å². The summed E-state index contributed by atoms with van der Waals surface area (Å²) in [5.74, 6) is 0.862. The van der Waals surface area contributed by atoms with Crippen LogP contribution in [0.5, 0.6) is 5.75 Å². The Morgan fingerprint density at radius 3 is 2.87 bits per heavy atom. The molecule has 23 heavy (non-hydrogen) atoms. The van der Waals surface area contributed by atoms with Crippen LogP contribution in [0.4, 0.5) is 4.39 Å². The van der Waals surface area contributed by atoms with Crippen LogP contribution in [0.25, 0.3) is 5.69 Å². The molecule has 0 bridgehead atoms. The van der Waals surface area contributed by atoms with Gasteiger partial charge in [0.05, 0.1) is 12.8 Å². The number of halogens is 1. The lowest BCUT2D eigenvalue weighted by Gasteiger charge is -2.08.